The van der Waals surface area contributed by atoms with Gasteiger partial charge in [-0.2, -0.15) is 15.0 Å². The molecule has 0 amide bonds. The Morgan fingerprint density at radius 3 is 2.41 bits per heavy atom. The molecule has 176 valence electrons. The first-order valence-electron chi connectivity index (χ1n) is 11.7. The first kappa shape index (κ1) is 24.0. The second-order valence-corrected chi connectivity index (χ2v) is 8.16. The van der Waals surface area contributed by atoms with Gasteiger partial charge in [-0.05, 0) is 37.9 Å². The number of likely N-dealkylation sites (N-methyl/N-ethyl adjacent to an activating group) is 1. The minimum absolute atomic E-state index is 0.193. The Kier molecular flexibility index (Phi) is 9.27. The highest BCUT2D eigenvalue weighted by molar-refractivity contribution is 5.57. The van der Waals surface area contributed by atoms with Crippen LogP contribution < -0.4 is 26.0 Å². The molecule has 32 heavy (non-hydrogen) atoms. The van der Waals surface area contributed by atoms with Crippen molar-refractivity contribution >= 4 is 23.5 Å². The minimum Gasteiger partial charge on any atom is -0.494 e. The second kappa shape index (κ2) is 12.4. The van der Waals surface area contributed by atoms with Crippen molar-refractivity contribution in [1.82, 2.24) is 20.3 Å². The van der Waals surface area contributed by atoms with Crippen molar-refractivity contribution < 1.29 is 9.13 Å². The lowest BCUT2D eigenvalue weighted by Crippen LogP contribution is -2.35. The number of hydrogen-bond acceptors (Lipinski definition) is 8. The van der Waals surface area contributed by atoms with Gasteiger partial charge in [0.15, 0.2) is 11.6 Å². The summed E-state index contributed by atoms with van der Waals surface area (Å²) in [6, 6.07) is 5.35. The van der Waals surface area contributed by atoms with Gasteiger partial charge in [0.05, 0.1) is 7.11 Å². The quantitative estimate of drug-likeness (QED) is 0.370. The van der Waals surface area contributed by atoms with E-state index >= 15 is 0 Å². The summed E-state index contributed by atoms with van der Waals surface area (Å²) in [4.78, 5) is 13.7. The van der Waals surface area contributed by atoms with Crippen LogP contribution in [0.3, 0.4) is 0 Å². The lowest BCUT2D eigenvalue weighted by molar-refractivity contribution is 0.386. The number of rotatable bonds is 11. The Labute approximate surface area is 190 Å². The molecule has 0 saturated heterocycles. The Bertz CT molecular complexity index is 843. The number of aromatic nitrogens is 3. The van der Waals surface area contributed by atoms with Gasteiger partial charge in [0.25, 0.3) is 0 Å². The zero-order chi connectivity index (χ0) is 22.8. The Balaban J connectivity index is 1.79. The maximum atomic E-state index is 14.1. The van der Waals surface area contributed by atoms with Gasteiger partial charge in [-0.15, -0.1) is 0 Å². The monoisotopic (exact) mass is 445 g/mol. The fraction of sp³-hybridized carbons (Fsp3) is 0.609. The molecule has 1 aromatic carbocycles. The van der Waals surface area contributed by atoms with E-state index in [9.17, 15) is 4.39 Å². The van der Waals surface area contributed by atoms with Crippen molar-refractivity contribution in [3.8, 4) is 5.75 Å². The molecule has 1 saturated carbocycles. The summed E-state index contributed by atoms with van der Waals surface area (Å²) < 4.78 is 19.1. The maximum Gasteiger partial charge on any atom is 0.233 e. The summed E-state index contributed by atoms with van der Waals surface area (Å²) in [5, 5.41) is 13.4. The standard InChI is InChI=1S/C23H36FN7O/c1-4-16(25-5-2)15-26-21-29-22(27-17-10-8-6-7-9-11-17)31-23(30-21)28-18-12-13-20(32-3)19(24)14-18/h12-14,16-17,25H,4-11,15H2,1-3H3,(H3,26,27,28,29,30,31). The molecule has 2 aromatic rings. The van der Waals surface area contributed by atoms with E-state index in [4.69, 9.17) is 4.74 Å². The fourth-order valence-electron chi connectivity index (χ4n) is 3.92. The van der Waals surface area contributed by atoms with Gasteiger partial charge in [0, 0.05) is 30.4 Å². The van der Waals surface area contributed by atoms with Crippen molar-refractivity contribution in [2.24, 2.45) is 0 Å². The van der Waals surface area contributed by atoms with E-state index in [-0.39, 0.29) is 5.75 Å². The number of nitrogens with zero attached hydrogens (tertiary/aromatic N) is 3. The minimum atomic E-state index is -0.446. The summed E-state index contributed by atoms with van der Waals surface area (Å²) in [5.41, 5.74) is 0.542. The number of nitrogens with one attached hydrogen (secondary N) is 4. The molecule has 1 unspecified atom stereocenters. The van der Waals surface area contributed by atoms with E-state index < -0.39 is 5.82 Å². The Morgan fingerprint density at radius 2 is 1.75 bits per heavy atom. The Hall–Kier alpha value is -2.68. The van der Waals surface area contributed by atoms with Gasteiger partial charge in [-0.1, -0.05) is 39.5 Å². The molecule has 9 heteroatoms. The van der Waals surface area contributed by atoms with Gasteiger partial charge in [0.1, 0.15) is 0 Å². The number of benzene rings is 1. The molecule has 3 rings (SSSR count). The van der Waals surface area contributed by atoms with Gasteiger partial charge < -0.3 is 26.0 Å². The van der Waals surface area contributed by atoms with Crippen molar-refractivity contribution in [2.45, 2.75) is 70.9 Å². The predicted octanol–water partition coefficient (Wildman–Crippen LogP) is 4.70. The third-order valence-corrected chi connectivity index (χ3v) is 5.72. The lowest BCUT2D eigenvalue weighted by atomic mass is 10.1. The zero-order valence-electron chi connectivity index (χ0n) is 19.4. The smallest absolute Gasteiger partial charge is 0.233 e. The van der Waals surface area contributed by atoms with Crippen molar-refractivity contribution in [3.05, 3.63) is 24.0 Å². The van der Waals surface area contributed by atoms with E-state index in [2.05, 4.69) is 50.1 Å². The van der Waals surface area contributed by atoms with Crippen LogP contribution in [0, 0.1) is 5.82 Å². The highest BCUT2D eigenvalue weighted by Gasteiger charge is 2.16. The SMILES string of the molecule is CCNC(CC)CNc1nc(Nc2ccc(OC)c(F)c2)nc(NC2CCCCCC2)n1. The molecule has 1 aromatic heterocycles. The van der Waals surface area contributed by atoms with Crippen LogP contribution in [-0.2, 0) is 0 Å². The van der Waals surface area contributed by atoms with Crippen molar-refractivity contribution in [2.75, 3.05) is 36.1 Å². The lowest BCUT2D eigenvalue weighted by Gasteiger charge is -2.19. The van der Waals surface area contributed by atoms with Crippen LogP contribution in [0.4, 0.5) is 27.9 Å². The van der Waals surface area contributed by atoms with E-state index in [1.807, 2.05) is 0 Å². The third kappa shape index (κ3) is 7.19. The summed E-state index contributed by atoms with van der Waals surface area (Å²) in [6.45, 7) is 5.85. The molecule has 1 fully saturated rings. The number of ether oxygens (including phenoxy) is 1. The first-order valence-corrected chi connectivity index (χ1v) is 11.7. The van der Waals surface area contributed by atoms with E-state index in [0.29, 0.717) is 42.2 Å². The van der Waals surface area contributed by atoms with Crippen LogP contribution in [-0.4, -0.2) is 47.2 Å². The molecular weight excluding hydrogens is 409 g/mol. The van der Waals surface area contributed by atoms with Crippen LogP contribution in [0.5, 0.6) is 5.75 Å². The van der Waals surface area contributed by atoms with Crippen LogP contribution in [0.15, 0.2) is 18.2 Å². The predicted molar refractivity (Wildman–Crippen MR) is 127 cm³/mol. The van der Waals surface area contributed by atoms with Gasteiger partial charge in [-0.3, -0.25) is 0 Å². The number of methoxy groups -OCH3 is 1. The van der Waals surface area contributed by atoms with E-state index in [1.54, 1.807) is 12.1 Å². The van der Waals surface area contributed by atoms with Gasteiger partial charge in [0.2, 0.25) is 17.8 Å². The summed E-state index contributed by atoms with van der Waals surface area (Å²) in [6.07, 6.45) is 8.20. The molecule has 0 bridgehead atoms. The van der Waals surface area contributed by atoms with E-state index in [1.165, 1.54) is 38.9 Å². The van der Waals surface area contributed by atoms with Crippen LogP contribution in [0.2, 0.25) is 0 Å². The number of anilines is 4. The molecule has 0 spiro atoms. The van der Waals surface area contributed by atoms with Crippen molar-refractivity contribution in [1.29, 1.82) is 0 Å². The highest BCUT2D eigenvalue weighted by atomic mass is 19.1. The topological polar surface area (TPSA) is 96.0 Å². The van der Waals surface area contributed by atoms with Crippen molar-refractivity contribution in [3.63, 3.8) is 0 Å². The molecule has 4 N–H and O–H groups in total. The van der Waals surface area contributed by atoms with Crippen LogP contribution in [0.1, 0.15) is 58.8 Å². The summed E-state index contributed by atoms with van der Waals surface area (Å²) >= 11 is 0. The molecular formula is C23H36FN7O. The summed E-state index contributed by atoms with van der Waals surface area (Å²) in [7, 11) is 1.44. The van der Waals surface area contributed by atoms with Crippen LogP contribution >= 0.6 is 0 Å². The maximum absolute atomic E-state index is 14.1. The largest absolute Gasteiger partial charge is 0.494 e. The number of halogens is 1. The van der Waals surface area contributed by atoms with Gasteiger partial charge >= 0.3 is 0 Å². The fourth-order valence-corrected chi connectivity index (χ4v) is 3.92. The zero-order valence-corrected chi connectivity index (χ0v) is 19.4. The average molecular weight is 446 g/mol. The van der Waals surface area contributed by atoms with Crippen LogP contribution in [0.25, 0.3) is 0 Å². The molecule has 1 heterocycles. The normalized spacial score (nSPS) is 15.6. The molecule has 0 radical (unpaired) electrons. The molecule has 1 aliphatic rings. The first-order chi connectivity index (χ1) is 15.6. The van der Waals surface area contributed by atoms with Gasteiger partial charge in [-0.25, -0.2) is 4.39 Å². The number of hydrogen-bond donors (Lipinski definition) is 4. The molecule has 8 nitrogen and oxygen atoms in total. The molecule has 1 atom stereocenters. The second-order valence-electron chi connectivity index (χ2n) is 8.16. The average Bonchev–Trinajstić information content (AvgIpc) is 3.05. The summed E-state index contributed by atoms with van der Waals surface area (Å²) in [5.74, 6) is 1.13. The Morgan fingerprint density at radius 1 is 1.03 bits per heavy atom. The third-order valence-electron chi connectivity index (χ3n) is 5.72. The highest BCUT2D eigenvalue weighted by Crippen LogP contribution is 2.24. The molecule has 1 aliphatic carbocycles. The van der Waals surface area contributed by atoms with E-state index in [0.717, 1.165) is 25.8 Å². The molecule has 0 aliphatic heterocycles.